The third kappa shape index (κ3) is 2.39. The van der Waals surface area contributed by atoms with Crippen LogP contribution in [-0.2, 0) is 19.6 Å². The molecule has 0 saturated carbocycles. The van der Waals surface area contributed by atoms with Crippen molar-refractivity contribution in [3.8, 4) is 0 Å². The first-order chi connectivity index (χ1) is 7.29. The fourth-order valence-electron chi connectivity index (χ4n) is 1.29. The van der Waals surface area contributed by atoms with Crippen LogP contribution in [0.1, 0.15) is 13.3 Å². The van der Waals surface area contributed by atoms with Gasteiger partial charge in [0, 0.05) is 13.6 Å². The van der Waals surface area contributed by atoms with Crippen molar-refractivity contribution in [1.82, 2.24) is 9.62 Å². The monoisotopic (exact) mass is 249 g/mol. The minimum Gasteiger partial charge on any atom is -0.329 e. The van der Waals surface area contributed by atoms with Crippen molar-refractivity contribution in [2.45, 2.75) is 24.6 Å². The number of sulfonamides is 1. The van der Waals surface area contributed by atoms with E-state index in [2.05, 4.69) is 4.72 Å². The molecular weight excluding hydrogens is 234 g/mol. The topological polar surface area (TPSA) is 110 Å². The van der Waals surface area contributed by atoms with Crippen molar-refractivity contribution in [1.29, 1.82) is 0 Å². The summed E-state index contributed by atoms with van der Waals surface area (Å²) in [7, 11) is -2.32. The number of carbonyl (C=O) groups is 2. The first-order valence-electron chi connectivity index (χ1n) is 4.81. The molecule has 2 amide bonds. The van der Waals surface area contributed by atoms with E-state index >= 15 is 0 Å². The molecule has 0 aromatic rings. The summed E-state index contributed by atoms with van der Waals surface area (Å²) in [6, 6.07) is -0.989. The number of likely N-dealkylation sites (tertiary alicyclic amines) is 1. The first-order valence-corrected chi connectivity index (χ1v) is 6.36. The molecule has 0 spiro atoms. The lowest BCUT2D eigenvalue weighted by molar-refractivity contribution is -0.137. The van der Waals surface area contributed by atoms with Crippen LogP contribution < -0.4 is 10.5 Å². The summed E-state index contributed by atoms with van der Waals surface area (Å²) in [6.07, 6.45) is -0.133. The summed E-state index contributed by atoms with van der Waals surface area (Å²) in [4.78, 5) is 23.5. The number of rotatable bonds is 4. The summed E-state index contributed by atoms with van der Waals surface area (Å²) in [5.74, 6) is -0.920. The number of likely N-dealkylation sites (N-methyl/N-ethyl adjacent to an activating group) is 1. The van der Waals surface area contributed by atoms with Gasteiger partial charge in [0.25, 0.3) is 0 Å². The Labute approximate surface area is 94.0 Å². The van der Waals surface area contributed by atoms with Crippen LogP contribution in [0.15, 0.2) is 0 Å². The maximum atomic E-state index is 11.6. The standard InChI is InChI=1S/C8H15N3O4S/c1-5(4-9)16(14,15)10-6-3-7(12)11(2)8(6)13/h5-6,10H,3-4,9H2,1-2H3. The summed E-state index contributed by atoms with van der Waals surface area (Å²) in [5, 5.41) is -0.790. The Morgan fingerprint density at radius 2 is 2.12 bits per heavy atom. The molecule has 1 fully saturated rings. The first kappa shape index (κ1) is 13.1. The maximum Gasteiger partial charge on any atom is 0.247 e. The van der Waals surface area contributed by atoms with E-state index in [0.29, 0.717) is 0 Å². The number of nitrogens with two attached hydrogens (primary N) is 1. The molecule has 2 atom stereocenters. The fraction of sp³-hybridized carbons (Fsp3) is 0.750. The van der Waals surface area contributed by atoms with Crippen molar-refractivity contribution in [2.24, 2.45) is 5.73 Å². The molecule has 1 heterocycles. The lowest BCUT2D eigenvalue weighted by Gasteiger charge is -2.15. The molecule has 0 aromatic heterocycles. The minimum atomic E-state index is -3.65. The second-order valence-corrected chi connectivity index (χ2v) is 5.89. The van der Waals surface area contributed by atoms with Gasteiger partial charge in [0.15, 0.2) is 0 Å². The zero-order chi connectivity index (χ0) is 12.5. The largest absolute Gasteiger partial charge is 0.329 e. The Kier molecular flexibility index (Phi) is 3.66. The summed E-state index contributed by atoms with van der Waals surface area (Å²) in [5.41, 5.74) is 5.24. The number of imide groups is 1. The molecular formula is C8H15N3O4S. The van der Waals surface area contributed by atoms with Crippen LogP contribution in [-0.4, -0.2) is 50.0 Å². The van der Waals surface area contributed by atoms with Crippen LogP contribution in [0.25, 0.3) is 0 Å². The van der Waals surface area contributed by atoms with Crippen molar-refractivity contribution in [3.05, 3.63) is 0 Å². The molecule has 8 heteroatoms. The van der Waals surface area contributed by atoms with Crippen molar-refractivity contribution < 1.29 is 18.0 Å². The van der Waals surface area contributed by atoms with E-state index in [9.17, 15) is 18.0 Å². The van der Waals surface area contributed by atoms with Gasteiger partial charge in [-0.15, -0.1) is 0 Å². The van der Waals surface area contributed by atoms with Crippen LogP contribution in [0.3, 0.4) is 0 Å². The van der Waals surface area contributed by atoms with Gasteiger partial charge in [-0.2, -0.15) is 0 Å². The lowest BCUT2D eigenvalue weighted by atomic mass is 10.3. The number of amides is 2. The van der Waals surface area contributed by atoms with Gasteiger partial charge in [-0.3, -0.25) is 14.5 Å². The summed E-state index contributed by atoms with van der Waals surface area (Å²) >= 11 is 0. The molecule has 0 aromatic carbocycles. The normalized spacial score (nSPS) is 23.9. The zero-order valence-electron chi connectivity index (χ0n) is 9.13. The third-order valence-electron chi connectivity index (χ3n) is 2.55. The molecule has 1 rings (SSSR count). The number of nitrogens with one attached hydrogen (secondary N) is 1. The van der Waals surface area contributed by atoms with E-state index in [1.807, 2.05) is 0 Å². The fourth-order valence-corrected chi connectivity index (χ4v) is 2.36. The molecule has 0 bridgehead atoms. The van der Waals surface area contributed by atoms with Gasteiger partial charge in [-0.1, -0.05) is 0 Å². The Bertz CT molecular complexity index is 406. The Balaban J connectivity index is 2.77. The predicted molar refractivity (Wildman–Crippen MR) is 56.8 cm³/mol. The maximum absolute atomic E-state index is 11.6. The molecule has 2 unspecified atom stereocenters. The van der Waals surface area contributed by atoms with Crippen LogP contribution in [0, 0.1) is 0 Å². The van der Waals surface area contributed by atoms with Crippen molar-refractivity contribution >= 4 is 21.8 Å². The van der Waals surface area contributed by atoms with Gasteiger partial charge < -0.3 is 5.73 Å². The van der Waals surface area contributed by atoms with Gasteiger partial charge >= 0.3 is 0 Å². The highest BCUT2D eigenvalue weighted by molar-refractivity contribution is 7.90. The highest BCUT2D eigenvalue weighted by atomic mass is 32.2. The number of carbonyl (C=O) groups excluding carboxylic acids is 2. The van der Waals surface area contributed by atoms with Crippen molar-refractivity contribution in [3.63, 3.8) is 0 Å². The molecule has 3 N–H and O–H groups in total. The Morgan fingerprint density at radius 3 is 2.50 bits per heavy atom. The van der Waals surface area contributed by atoms with Crippen LogP contribution >= 0.6 is 0 Å². The van der Waals surface area contributed by atoms with Crippen LogP contribution in [0.5, 0.6) is 0 Å². The van der Waals surface area contributed by atoms with Gasteiger partial charge in [-0.05, 0) is 6.92 Å². The molecule has 16 heavy (non-hydrogen) atoms. The highest BCUT2D eigenvalue weighted by Gasteiger charge is 2.39. The van der Waals surface area contributed by atoms with E-state index < -0.39 is 33.1 Å². The zero-order valence-corrected chi connectivity index (χ0v) is 9.95. The van der Waals surface area contributed by atoms with E-state index in [0.717, 1.165) is 4.90 Å². The van der Waals surface area contributed by atoms with E-state index in [-0.39, 0.29) is 13.0 Å². The average Bonchev–Trinajstić information content (AvgIpc) is 2.44. The molecule has 0 radical (unpaired) electrons. The van der Waals surface area contributed by atoms with Crippen molar-refractivity contribution in [2.75, 3.05) is 13.6 Å². The molecule has 92 valence electrons. The summed E-state index contributed by atoms with van der Waals surface area (Å²) < 4.78 is 25.4. The number of hydrogen-bond acceptors (Lipinski definition) is 5. The van der Waals surface area contributed by atoms with E-state index in [4.69, 9.17) is 5.73 Å². The Hall–Kier alpha value is -0.990. The van der Waals surface area contributed by atoms with Gasteiger partial charge in [-0.25, -0.2) is 13.1 Å². The SMILES string of the molecule is CC(CN)S(=O)(=O)NC1CC(=O)N(C)C1=O. The number of nitrogens with zero attached hydrogens (tertiary/aromatic N) is 1. The number of hydrogen-bond donors (Lipinski definition) is 2. The molecule has 1 saturated heterocycles. The average molecular weight is 249 g/mol. The van der Waals surface area contributed by atoms with Gasteiger partial charge in [0.05, 0.1) is 11.7 Å². The Morgan fingerprint density at radius 1 is 1.56 bits per heavy atom. The molecule has 7 nitrogen and oxygen atoms in total. The molecule has 1 aliphatic heterocycles. The minimum absolute atomic E-state index is 0.0416. The third-order valence-corrected chi connectivity index (χ3v) is 4.41. The second-order valence-electron chi connectivity index (χ2n) is 3.76. The molecule has 0 aliphatic carbocycles. The predicted octanol–water partition coefficient (Wildman–Crippen LogP) is -1.99. The quantitative estimate of drug-likeness (QED) is 0.561. The smallest absolute Gasteiger partial charge is 0.247 e. The second kappa shape index (κ2) is 4.48. The summed E-state index contributed by atoms with van der Waals surface area (Å²) in [6.45, 7) is 1.40. The highest BCUT2D eigenvalue weighted by Crippen LogP contribution is 2.12. The van der Waals surface area contributed by atoms with Gasteiger partial charge in [0.1, 0.15) is 6.04 Å². The van der Waals surface area contributed by atoms with Crippen LogP contribution in [0.4, 0.5) is 0 Å². The van der Waals surface area contributed by atoms with Gasteiger partial charge in [0.2, 0.25) is 21.8 Å². The van der Waals surface area contributed by atoms with E-state index in [1.165, 1.54) is 14.0 Å². The van der Waals surface area contributed by atoms with E-state index in [1.54, 1.807) is 0 Å². The lowest BCUT2D eigenvalue weighted by Crippen LogP contribution is -2.45. The molecule has 1 aliphatic rings. The van der Waals surface area contributed by atoms with Crippen LogP contribution in [0.2, 0.25) is 0 Å².